The molecular formula is C89H111N5. The van der Waals surface area contributed by atoms with E-state index in [4.69, 9.17) is 0 Å². The molecular weight excluding hydrogens is 1140 g/mol. The maximum atomic E-state index is 2.35. The lowest BCUT2D eigenvalue weighted by Crippen LogP contribution is -2.16. The highest BCUT2D eigenvalue weighted by Gasteiger charge is 2.20. The van der Waals surface area contributed by atoms with Gasteiger partial charge in [-0.15, -0.1) is 0 Å². The molecule has 0 unspecified atom stereocenters. The van der Waals surface area contributed by atoms with Crippen LogP contribution in [-0.4, -0.2) is 35.2 Å². The molecule has 1 aliphatic carbocycles. The largest absolute Gasteiger partial charge is 0.345 e. The molecule has 94 heavy (non-hydrogen) atoms. The van der Waals surface area contributed by atoms with Crippen LogP contribution in [0.1, 0.15) is 144 Å². The Balaban J connectivity index is 0.000000167. The standard InChI is InChI=1S/C20H27N.C19H23N.C18H23N.C17H21N.C15H17N/c1-12-9-10-13(2)19(11-12)21(8)20-17(6)15(4)14(3)16(5)18(20)7;1-20(18-10-6-3-7-11-18)19-14-12-17(13-15-19)16-8-4-2-5-9-16;1-12-7-8-14(3)17(11-12)19(6)18-15(4)9-13(2)10-16(18)5;1-12-6-8-16(9-7-12)18(5)17-14(3)10-13(2)11-15(17)4;1-12-9-10-13(2)15(11-12)16(3)14-7-5-4-6-8-14/h9-11H,1-8H3;3,6-7,10-16H,2,4-5,8-9H2,1H3;7-11H,1-6H3;6-11H,1-5H3;4-11H,1-3H3. The molecule has 0 saturated heterocycles. The van der Waals surface area contributed by atoms with Crippen molar-refractivity contribution in [2.24, 2.45) is 0 Å². The van der Waals surface area contributed by atoms with Gasteiger partial charge in [0.2, 0.25) is 0 Å². The molecule has 5 nitrogen and oxygen atoms in total. The summed E-state index contributed by atoms with van der Waals surface area (Å²) in [6.07, 6.45) is 6.96. The maximum absolute atomic E-state index is 2.35. The smallest absolute Gasteiger partial charge is 0.0473 e. The molecule has 10 aromatic rings. The Hall–Kier alpha value is -8.80. The quantitative estimate of drug-likeness (QED) is 0.128. The molecule has 11 rings (SSSR count). The molecule has 0 spiro atoms. The lowest BCUT2D eigenvalue weighted by Gasteiger charge is -2.29. The highest BCUT2D eigenvalue weighted by Crippen LogP contribution is 2.39. The van der Waals surface area contributed by atoms with Gasteiger partial charge < -0.3 is 24.5 Å². The Kier molecular flexibility index (Phi) is 25.8. The van der Waals surface area contributed by atoms with Gasteiger partial charge >= 0.3 is 0 Å². The van der Waals surface area contributed by atoms with Crippen molar-refractivity contribution in [3.8, 4) is 0 Å². The number of anilines is 10. The van der Waals surface area contributed by atoms with Crippen molar-refractivity contribution in [2.75, 3.05) is 59.7 Å². The van der Waals surface area contributed by atoms with Gasteiger partial charge in [0, 0.05) is 92.1 Å². The van der Waals surface area contributed by atoms with Crippen LogP contribution in [0, 0.1) is 125 Å². The summed E-state index contributed by atoms with van der Waals surface area (Å²) in [4.78, 5) is 11.4. The van der Waals surface area contributed by atoms with Crippen LogP contribution in [0.4, 0.5) is 56.9 Å². The predicted octanol–water partition coefficient (Wildman–Crippen LogP) is 24.9. The average molecular weight is 1250 g/mol. The second kappa shape index (κ2) is 33.3. The summed E-state index contributed by atoms with van der Waals surface area (Å²) < 4.78 is 0. The molecule has 0 atom stereocenters. The first kappa shape index (κ1) is 72.6. The zero-order chi connectivity index (χ0) is 68.7. The highest BCUT2D eigenvalue weighted by molar-refractivity contribution is 5.76. The van der Waals surface area contributed by atoms with Crippen LogP contribution in [0.5, 0.6) is 0 Å². The minimum atomic E-state index is 0.792. The van der Waals surface area contributed by atoms with E-state index < -0.39 is 0 Å². The topological polar surface area (TPSA) is 16.2 Å². The maximum Gasteiger partial charge on any atom is 0.0473 e. The van der Waals surface area contributed by atoms with Gasteiger partial charge in [-0.25, -0.2) is 0 Å². The number of rotatable bonds is 11. The summed E-state index contributed by atoms with van der Waals surface area (Å²) in [5.41, 5.74) is 38.4. The van der Waals surface area contributed by atoms with E-state index in [1.165, 1.54) is 195 Å². The molecule has 0 N–H and O–H groups in total. The van der Waals surface area contributed by atoms with Crippen molar-refractivity contribution in [1.82, 2.24) is 0 Å². The lowest BCUT2D eigenvalue weighted by molar-refractivity contribution is 0.443. The molecule has 1 saturated carbocycles. The number of hydrogen-bond donors (Lipinski definition) is 0. The van der Waals surface area contributed by atoms with Crippen LogP contribution >= 0.6 is 0 Å². The fraction of sp³-hybridized carbons (Fsp3) is 0.326. The average Bonchev–Trinajstić information content (AvgIpc) is 0.790. The molecule has 492 valence electrons. The third-order valence-electron chi connectivity index (χ3n) is 19.5. The van der Waals surface area contributed by atoms with Gasteiger partial charge in [0.05, 0.1) is 0 Å². The Labute approximate surface area is 569 Å². The van der Waals surface area contributed by atoms with E-state index in [1.54, 1.807) is 0 Å². The zero-order valence-corrected chi connectivity index (χ0v) is 61.7. The van der Waals surface area contributed by atoms with Crippen molar-refractivity contribution in [3.05, 3.63) is 294 Å². The minimum absolute atomic E-state index is 0.792. The number of benzene rings is 10. The number of hydrogen-bond acceptors (Lipinski definition) is 5. The van der Waals surface area contributed by atoms with Crippen LogP contribution in [0.25, 0.3) is 0 Å². The zero-order valence-electron chi connectivity index (χ0n) is 61.7. The lowest BCUT2D eigenvalue weighted by atomic mass is 9.84. The third kappa shape index (κ3) is 18.5. The van der Waals surface area contributed by atoms with Gasteiger partial charge in [0.15, 0.2) is 0 Å². The van der Waals surface area contributed by atoms with E-state index in [0.29, 0.717) is 0 Å². The highest BCUT2D eigenvalue weighted by atomic mass is 15.1. The van der Waals surface area contributed by atoms with E-state index in [1.807, 2.05) is 6.07 Å². The summed E-state index contributed by atoms with van der Waals surface area (Å²) in [5.74, 6) is 0.792. The number of aryl methyl sites for hydroxylation is 13. The van der Waals surface area contributed by atoms with Crippen LogP contribution in [0.3, 0.4) is 0 Å². The van der Waals surface area contributed by atoms with Crippen molar-refractivity contribution < 1.29 is 0 Å². The molecule has 0 aliphatic heterocycles. The molecule has 0 aromatic heterocycles. The summed E-state index contributed by atoms with van der Waals surface area (Å²) in [5, 5.41) is 0. The SMILES string of the molecule is CN(c1ccccc1)c1ccc(C2CCCCC2)cc1.Cc1cc(C)c(N(C)c2cc(C)ccc2C)c(C)c1.Cc1ccc(C)c(N(C)c2c(C)c(C)c(C)c(C)c2C)c1.Cc1ccc(C)c(N(C)c2ccccc2)c1.Cc1ccc(N(C)c2c(C)cc(C)cc2C)cc1. The first-order valence-electron chi connectivity index (χ1n) is 34.1. The van der Waals surface area contributed by atoms with Crippen molar-refractivity contribution in [1.29, 1.82) is 0 Å². The van der Waals surface area contributed by atoms with E-state index in [-0.39, 0.29) is 0 Å². The van der Waals surface area contributed by atoms with Gasteiger partial charge in [0.1, 0.15) is 0 Å². The van der Waals surface area contributed by atoms with Gasteiger partial charge in [-0.05, 0) is 299 Å². The summed E-state index contributed by atoms with van der Waals surface area (Å²) in [6, 6.07) is 67.6. The van der Waals surface area contributed by atoms with E-state index in [0.717, 1.165) is 5.92 Å². The second-order valence-electron chi connectivity index (χ2n) is 27.1. The van der Waals surface area contributed by atoms with Crippen LogP contribution in [0.2, 0.25) is 0 Å². The molecule has 5 heteroatoms. The molecule has 10 aromatic carbocycles. The Bertz CT molecular complexity index is 4020. The van der Waals surface area contributed by atoms with Gasteiger partial charge in [-0.2, -0.15) is 0 Å². The summed E-state index contributed by atoms with van der Waals surface area (Å²) in [7, 11) is 10.7. The first-order valence-corrected chi connectivity index (χ1v) is 34.1. The number of nitrogens with zero attached hydrogens (tertiary/aromatic N) is 5. The third-order valence-corrected chi connectivity index (χ3v) is 19.5. The van der Waals surface area contributed by atoms with Crippen LogP contribution in [0.15, 0.2) is 188 Å². The van der Waals surface area contributed by atoms with Crippen molar-refractivity contribution in [3.63, 3.8) is 0 Å². The van der Waals surface area contributed by atoms with E-state index in [9.17, 15) is 0 Å². The number of para-hydroxylation sites is 2. The van der Waals surface area contributed by atoms with E-state index in [2.05, 4.69) is 366 Å². The second-order valence-corrected chi connectivity index (χ2v) is 27.1. The molecule has 1 aliphatic rings. The van der Waals surface area contributed by atoms with Gasteiger partial charge in [-0.1, -0.05) is 157 Å². The molecule has 0 amide bonds. The Morgan fingerprint density at radius 3 is 0.947 bits per heavy atom. The minimum Gasteiger partial charge on any atom is -0.345 e. The summed E-state index contributed by atoms with van der Waals surface area (Å²) in [6.45, 7) is 39.3. The summed E-state index contributed by atoms with van der Waals surface area (Å²) >= 11 is 0. The van der Waals surface area contributed by atoms with Gasteiger partial charge in [0.25, 0.3) is 0 Å². The van der Waals surface area contributed by atoms with Crippen LogP contribution < -0.4 is 24.5 Å². The van der Waals surface area contributed by atoms with Gasteiger partial charge in [-0.3, -0.25) is 0 Å². The van der Waals surface area contributed by atoms with Crippen molar-refractivity contribution >= 4 is 56.9 Å². The monoisotopic (exact) mass is 1250 g/mol. The predicted molar refractivity (Wildman–Crippen MR) is 416 cm³/mol. The molecule has 0 radical (unpaired) electrons. The fourth-order valence-electron chi connectivity index (χ4n) is 13.8. The first-order chi connectivity index (χ1) is 44.7. The normalized spacial score (nSPS) is 11.7. The van der Waals surface area contributed by atoms with E-state index >= 15 is 0 Å². The molecule has 0 bridgehead atoms. The Morgan fingerprint density at radius 2 is 0.543 bits per heavy atom. The molecule has 0 heterocycles. The van der Waals surface area contributed by atoms with Crippen molar-refractivity contribution in [2.45, 2.75) is 163 Å². The van der Waals surface area contributed by atoms with Crippen LogP contribution in [-0.2, 0) is 0 Å². The fourth-order valence-corrected chi connectivity index (χ4v) is 13.8. The molecule has 1 fully saturated rings. The Morgan fingerprint density at radius 1 is 0.234 bits per heavy atom.